The van der Waals surface area contributed by atoms with Gasteiger partial charge >= 0.3 is 0 Å². The van der Waals surface area contributed by atoms with Gasteiger partial charge in [-0.3, -0.25) is 0 Å². The molecule has 154 valence electrons. The van der Waals surface area contributed by atoms with Gasteiger partial charge in [0.05, 0.1) is 24.1 Å². The van der Waals surface area contributed by atoms with Crippen LogP contribution in [0.2, 0.25) is 0 Å². The number of guanidine groups is 1. The van der Waals surface area contributed by atoms with Gasteiger partial charge < -0.3 is 24.8 Å². The Morgan fingerprint density at radius 2 is 1.97 bits per heavy atom. The summed E-state index contributed by atoms with van der Waals surface area (Å²) in [5.41, 5.74) is 1.84. The van der Waals surface area contributed by atoms with Crippen molar-refractivity contribution in [3.8, 4) is 0 Å². The van der Waals surface area contributed by atoms with Crippen molar-refractivity contribution in [2.45, 2.75) is 50.7 Å². The number of pyridine rings is 1. The molecule has 5 rings (SSSR count). The third kappa shape index (κ3) is 3.81. The van der Waals surface area contributed by atoms with E-state index in [9.17, 15) is 0 Å². The molecule has 2 aromatic rings. The monoisotopic (exact) mass is 395 g/mol. The molecule has 8 heteroatoms. The van der Waals surface area contributed by atoms with E-state index in [1.54, 1.807) is 12.5 Å². The Morgan fingerprint density at radius 1 is 1.14 bits per heavy atom. The summed E-state index contributed by atoms with van der Waals surface area (Å²) in [6, 6.07) is 2.58. The molecule has 0 unspecified atom stereocenters. The fourth-order valence-corrected chi connectivity index (χ4v) is 4.67. The van der Waals surface area contributed by atoms with Gasteiger partial charge in [0.25, 0.3) is 0 Å². The number of aromatic amines is 1. The minimum atomic E-state index is 0.369. The number of nitrogens with zero attached hydrogens (tertiary/aromatic N) is 5. The average Bonchev–Trinajstić information content (AvgIpc) is 3.45. The van der Waals surface area contributed by atoms with Crippen LogP contribution in [-0.2, 0) is 4.74 Å². The summed E-state index contributed by atoms with van der Waals surface area (Å²) in [7, 11) is 1.82. The lowest BCUT2D eigenvalue weighted by Crippen LogP contribution is -2.52. The molecule has 2 aliphatic heterocycles. The lowest BCUT2D eigenvalue weighted by Gasteiger charge is -2.42. The summed E-state index contributed by atoms with van der Waals surface area (Å²) < 4.78 is 5.56. The number of H-pyrrole nitrogens is 1. The van der Waals surface area contributed by atoms with Crippen LogP contribution >= 0.6 is 0 Å². The maximum absolute atomic E-state index is 5.56. The van der Waals surface area contributed by atoms with E-state index in [2.05, 4.69) is 36.1 Å². The maximum Gasteiger partial charge on any atom is 0.203 e. The molecular formula is C21H29N7O. The van der Waals surface area contributed by atoms with Crippen LogP contribution in [0.5, 0.6) is 0 Å². The Morgan fingerprint density at radius 3 is 2.76 bits per heavy atom. The van der Waals surface area contributed by atoms with Gasteiger partial charge in [0.1, 0.15) is 17.2 Å². The molecular weight excluding hydrogens is 366 g/mol. The molecule has 2 fully saturated rings. The predicted molar refractivity (Wildman–Crippen MR) is 114 cm³/mol. The van der Waals surface area contributed by atoms with E-state index in [1.807, 2.05) is 13.2 Å². The standard InChI is InChI=1S/C21H29N7O/c1-29-16-6-9-27(10-7-16)21-26-19(8-11-28(21)15-4-2-3-5-15)25-20-12-17-18(13-22-20)24-14-23-17/h8,12-16H,2-7,9-11H2,1H3,(H,22,25)(H,23,24). The highest BCUT2D eigenvalue weighted by atomic mass is 16.5. The number of likely N-dealkylation sites (tertiary alicyclic amines) is 1. The number of hydrogen-bond acceptors (Lipinski definition) is 7. The van der Waals surface area contributed by atoms with Gasteiger partial charge in [0.2, 0.25) is 5.96 Å². The second-order valence-corrected chi connectivity index (χ2v) is 8.13. The van der Waals surface area contributed by atoms with Gasteiger partial charge in [-0.1, -0.05) is 12.8 Å². The van der Waals surface area contributed by atoms with E-state index < -0.39 is 0 Å². The first kappa shape index (κ1) is 18.4. The molecule has 2 N–H and O–H groups in total. The Kier molecular flexibility index (Phi) is 5.10. The number of hydrogen-bond donors (Lipinski definition) is 2. The molecule has 29 heavy (non-hydrogen) atoms. The van der Waals surface area contributed by atoms with Gasteiger partial charge in [0.15, 0.2) is 0 Å². The second-order valence-electron chi connectivity index (χ2n) is 8.13. The van der Waals surface area contributed by atoms with Crippen molar-refractivity contribution >= 4 is 22.8 Å². The fourth-order valence-electron chi connectivity index (χ4n) is 4.67. The number of fused-ring (bicyclic) bond motifs is 1. The molecule has 0 atom stereocenters. The molecule has 0 radical (unpaired) electrons. The number of aromatic nitrogens is 3. The largest absolute Gasteiger partial charge is 0.381 e. The second kappa shape index (κ2) is 8.02. The van der Waals surface area contributed by atoms with Gasteiger partial charge in [-0.05, 0) is 31.8 Å². The molecule has 0 spiro atoms. The number of piperidine rings is 1. The van der Waals surface area contributed by atoms with E-state index in [-0.39, 0.29) is 0 Å². The SMILES string of the molecule is COC1CCN(C2=NC(Nc3cc4[nH]cnc4cn3)=CCN2C2CCCC2)CC1. The van der Waals surface area contributed by atoms with Crippen molar-refractivity contribution in [2.75, 3.05) is 32.1 Å². The Labute approximate surface area is 171 Å². The molecule has 8 nitrogen and oxygen atoms in total. The van der Waals surface area contributed by atoms with Crippen LogP contribution in [0.15, 0.2) is 35.5 Å². The van der Waals surface area contributed by atoms with Crippen LogP contribution in [0.25, 0.3) is 11.0 Å². The first-order chi connectivity index (χ1) is 14.3. The predicted octanol–water partition coefficient (Wildman–Crippen LogP) is 2.94. The number of nitrogens with one attached hydrogen (secondary N) is 2. The summed E-state index contributed by atoms with van der Waals surface area (Å²) in [4.78, 5) is 21.9. The maximum atomic E-state index is 5.56. The topological polar surface area (TPSA) is 81.7 Å². The fraction of sp³-hybridized carbons (Fsp3) is 0.571. The molecule has 1 saturated carbocycles. The zero-order chi connectivity index (χ0) is 19.6. The summed E-state index contributed by atoms with van der Waals surface area (Å²) in [6.07, 6.45) is 13.3. The van der Waals surface area contributed by atoms with Gasteiger partial charge in [-0.25, -0.2) is 9.97 Å². The molecule has 0 amide bonds. The van der Waals surface area contributed by atoms with E-state index in [0.29, 0.717) is 12.1 Å². The number of rotatable bonds is 4. The van der Waals surface area contributed by atoms with E-state index in [4.69, 9.17) is 9.73 Å². The first-order valence-electron chi connectivity index (χ1n) is 10.7. The van der Waals surface area contributed by atoms with Crippen LogP contribution in [0.4, 0.5) is 5.82 Å². The lowest BCUT2D eigenvalue weighted by molar-refractivity contribution is 0.0541. The summed E-state index contributed by atoms with van der Waals surface area (Å²) in [5, 5.41) is 3.40. The van der Waals surface area contributed by atoms with Crippen molar-refractivity contribution in [3.63, 3.8) is 0 Å². The normalized spacial score (nSPS) is 21.6. The Balaban J connectivity index is 1.37. The molecule has 1 saturated heterocycles. The molecule has 1 aliphatic carbocycles. The molecule has 3 aliphatic rings. The summed E-state index contributed by atoms with van der Waals surface area (Å²) in [5.74, 6) is 2.76. The molecule has 0 bridgehead atoms. The van der Waals surface area contributed by atoms with Crippen molar-refractivity contribution in [1.82, 2.24) is 24.8 Å². The lowest BCUT2D eigenvalue weighted by atomic mass is 10.1. The number of anilines is 1. The number of imidazole rings is 1. The van der Waals surface area contributed by atoms with Crippen LogP contribution in [0, 0.1) is 0 Å². The highest BCUT2D eigenvalue weighted by Gasteiger charge is 2.32. The van der Waals surface area contributed by atoms with Crippen LogP contribution in [0.3, 0.4) is 0 Å². The van der Waals surface area contributed by atoms with Crippen LogP contribution in [0.1, 0.15) is 38.5 Å². The van der Waals surface area contributed by atoms with Crippen molar-refractivity contribution < 1.29 is 4.74 Å². The van der Waals surface area contributed by atoms with Crippen molar-refractivity contribution in [3.05, 3.63) is 30.5 Å². The average molecular weight is 396 g/mol. The molecule has 2 aromatic heterocycles. The number of ether oxygens (including phenoxy) is 1. The highest BCUT2D eigenvalue weighted by Crippen LogP contribution is 2.28. The minimum Gasteiger partial charge on any atom is -0.381 e. The van der Waals surface area contributed by atoms with E-state index in [0.717, 1.165) is 61.1 Å². The van der Waals surface area contributed by atoms with E-state index in [1.165, 1.54) is 25.7 Å². The third-order valence-electron chi connectivity index (χ3n) is 6.35. The Bertz CT molecular complexity index is 907. The van der Waals surface area contributed by atoms with Crippen molar-refractivity contribution in [1.29, 1.82) is 0 Å². The zero-order valence-electron chi connectivity index (χ0n) is 17.0. The van der Waals surface area contributed by atoms with Gasteiger partial charge in [-0.2, -0.15) is 4.99 Å². The summed E-state index contributed by atoms with van der Waals surface area (Å²) in [6.45, 7) is 2.88. The number of methoxy groups -OCH3 is 1. The highest BCUT2D eigenvalue weighted by molar-refractivity contribution is 5.83. The number of aliphatic imine (C=N–C) groups is 1. The summed E-state index contributed by atoms with van der Waals surface area (Å²) >= 11 is 0. The quantitative estimate of drug-likeness (QED) is 0.828. The first-order valence-corrected chi connectivity index (χ1v) is 10.7. The third-order valence-corrected chi connectivity index (χ3v) is 6.35. The molecule has 4 heterocycles. The van der Waals surface area contributed by atoms with E-state index >= 15 is 0 Å². The van der Waals surface area contributed by atoms with Gasteiger partial charge in [0, 0.05) is 38.9 Å². The smallest absolute Gasteiger partial charge is 0.203 e. The Hall–Kier alpha value is -2.61. The molecule has 0 aromatic carbocycles. The van der Waals surface area contributed by atoms with Crippen LogP contribution < -0.4 is 5.32 Å². The van der Waals surface area contributed by atoms with Crippen molar-refractivity contribution in [2.24, 2.45) is 4.99 Å². The minimum absolute atomic E-state index is 0.369. The zero-order valence-corrected chi connectivity index (χ0v) is 17.0. The van der Waals surface area contributed by atoms with Gasteiger partial charge in [-0.15, -0.1) is 0 Å². The van der Waals surface area contributed by atoms with Crippen LogP contribution in [-0.4, -0.2) is 69.6 Å².